The van der Waals surface area contributed by atoms with Crippen LogP contribution in [0.3, 0.4) is 0 Å². The number of carbonyl (C=O) groups excluding carboxylic acids is 1. The molecule has 128 valence electrons. The summed E-state index contributed by atoms with van der Waals surface area (Å²) in [4.78, 5) is 18.5. The highest BCUT2D eigenvalue weighted by atomic mass is 16.2. The lowest BCUT2D eigenvalue weighted by Crippen LogP contribution is -2.39. The number of hydrogen-bond acceptors (Lipinski definition) is 3. The first kappa shape index (κ1) is 17.2. The normalized spacial score (nSPS) is 14.9. The molecule has 25 heavy (non-hydrogen) atoms. The summed E-state index contributed by atoms with van der Waals surface area (Å²) < 4.78 is 0. The topological polar surface area (TPSA) is 57.0 Å². The van der Waals surface area contributed by atoms with E-state index >= 15 is 0 Å². The van der Waals surface area contributed by atoms with Crippen molar-refractivity contribution < 1.29 is 4.79 Å². The Kier molecular flexibility index (Phi) is 5.79. The first-order chi connectivity index (χ1) is 12.2. The van der Waals surface area contributed by atoms with E-state index in [1.165, 1.54) is 5.56 Å². The number of hydrogen-bond donors (Lipinski definition) is 0. The van der Waals surface area contributed by atoms with Crippen LogP contribution in [0.2, 0.25) is 0 Å². The molecule has 0 atom stereocenters. The third kappa shape index (κ3) is 4.90. The van der Waals surface area contributed by atoms with Crippen molar-refractivity contribution in [3.05, 3.63) is 65.5 Å². The van der Waals surface area contributed by atoms with Gasteiger partial charge in [0.1, 0.15) is 0 Å². The first-order valence-corrected chi connectivity index (χ1v) is 8.90. The lowest BCUT2D eigenvalue weighted by atomic mass is 9.90. The number of carbonyl (C=O) groups is 1. The molecule has 2 heterocycles. The Bertz CT molecular complexity index is 726. The van der Waals surface area contributed by atoms with Gasteiger partial charge in [0.25, 0.3) is 0 Å². The third-order valence-corrected chi connectivity index (χ3v) is 4.95. The van der Waals surface area contributed by atoms with Gasteiger partial charge in [-0.2, -0.15) is 5.26 Å². The minimum absolute atomic E-state index is 0.242. The van der Waals surface area contributed by atoms with E-state index in [0.717, 1.165) is 44.3 Å². The summed E-state index contributed by atoms with van der Waals surface area (Å²) in [6, 6.07) is 13.8. The lowest BCUT2D eigenvalue weighted by molar-refractivity contribution is -0.132. The predicted octanol–water partition coefficient (Wildman–Crippen LogP) is 3.37. The molecule has 2 aromatic rings. The number of aryl methyl sites for hydroxylation is 1. The smallest absolute Gasteiger partial charge is 0.222 e. The zero-order valence-corrected chi connectivity index (χ0v) is 14.4. The van der Waals surface area contributed by atoms with Gasteiger partial charge in [0.2, 0.25) is 5.91 Å². The molecule has 0 N–H and O–H groups in total. The average molecular weight is 333 g/mol. The van der Waals surface area contributed by atoms with Crippen molar-refractivity contribution in [2.45, 2.75) is 32.1 Å². The molecule has 0 radical (unpaired) electrons. The summed E-state index contributed by atoms with van der Waals surface area (Å²) in [5.74, 6) is 0.900. The van der Waals surface area contributed by atoms with Crippen LogP contribution in [0, 0.1) is 17.2 Å². The maximum atomic E-state index is 12.4. The minimum atomic E-state index is 0.242. The number of nitrogens with zero attached hydrogens (tertiary/aromatic N) is 3. The SMILES string of the molecule is N#Cc1ccc(CCC(=O)N2CCC(Cc3ccncc3)CC2)cc1. The van der Waals surface area contributed by atoms with Crippen LogP contribution < -0.4 is 0 Å². The number of pyridine rings is 1. The summed E-state index contributed by atoms with van der Waals surface area (Å²) >= 11 is 0. The highest BCUT2D eigenvalue weighted by Crippen LogP contribution is 2.22. The molecule has 0 bridgehead atoms. The minimum Gasteiger partial charge on any atom is -0.343 e. The highest BCUT2D eigenvalue weighted by molar-refractivity contribution is 5.76. The number of benzene rings is 1. The summed E-state index contributed by atoms with van der Waals surface area (Å²) in [5.41, 5.74) is 3.10. The summed E-state index contributed by atoms with van der Waals surface area (Å²) in [6.45, 7) is 1.73. The van der Waals surface area contributed by atoms with E-state index < -0.39 is 0 Å². The van der Waals surface area contributed by atoms with Crippen molar-refractivity contribution in [1.82, 2.24) is 9.88 Å². The number of aromatic nitrogens is 1. The average Bonchev–Trinajstić information content (AvgIpc) is 2.68. The number of nitriles is 1. The second-order valence-corrected chi connectivity index (χ2v) is 6.69. The maximum Gasteiger partial charge on any atom is 0.222 e. The fourth-order valence-electron chi connectivity index (χ4n) is 3.39. The van der Waals surface area contributed by atoms with E-state index in [2.05, 4.69) is 23.2 Å². The Labute approximate surface area is 149 Å². The largest absolute Gasteiger partial charge is 0.343 e. The van der Waals surface area contributed by atoms with Gasteiger partial charge in [0, 0.05) is 31.9 Å². The quantitative estimate of drug-likeness (QED) is 0.843. The Balaban J connectivity index is 1.42. The van der Waals surface area contributed by atoms with Crippen LogP contribution >= 0.6 is 0 Å². The molecular weight excluding hydrogens is 310 g/mol. The van der Waals surface area contributed by atoms with Crippen LogP contribution in [0.15, 0.2) is 48.8 Å². The Morgan fingerprint density at radius 1 is 1.08 bits per heavy atom. The summed E-state index contributed by atoms with van der Waals surface area (Å²) in [5, 5.41) is 8.82. The second-order valence-electron chi connectivity index (χ2n) is 6.69. The van der Waals surface area contributed by atoms with Gasteiger partial charge in [0.05, 0.1) is 11.6 Å². The fourth-order valence-corrected chi connectivity index (χ4v) is 3.39. The molecule has 1 amide bonds. The molecule has 1 aromatic carbocycles. The van der Waals surface area contributed by atoms with E-state index in [9.17, 15) is 4.79 Å². The molecule has 1 aromatic heterocycles. The van der Waals surface area contributed by atoms with Gasteiger partial charge in [0.15, 0.2) is 0 Å². The molecule has 0 saturated carbocycles. The van der Waals surface area contributed by atoms with Crippen LogP contribution in [0.25, 0.3) is 0 Å². The maximum absolute atomic E-state index is 12.4. The van der Waals surface area contributed by atoms with Crippen LogP contribution in [0.5, 0.6) is 0 Å². The molecule has 1 aliphatic rings. The van der Waals surface area contributed by atoms with Gasteiger partial charge in [-0.15, -0.1) is 0 Å². The van der Waals surface area contributed by atoms with Gasteiger partial charge in [-0.3, -0.25) is 9.78 Å². The molecule has 4 nitrogen and oxygen atoms in total. The van der Waals surface area contributed by atoms with Crippen molar-refractivity contribution in [3.8, 4) is 6.07 Å². The molecule has 1 aliphatic heterocycles. The van der Waals surface area contributed by atoms with Gasteiger partial charge in [-0.1, -0.05) is 12.1 Å². The van der Waals surface area contributed by atoms with E-state index in [4.69, 9.17) is 5.26 Å². The molecule has 0 spiro atoms. The van der Waals surface area contributed by atoms with Gasteiger partial charge in [-0.05, 0) is 67.0 Å². The van der Waals surface area contributed by atoms with Crippen LogP contribution in [0.4, 0.5) is 0 Å². The van der Waals surface area contributed by atoms with E-state index in [1.54, 1.807) is 0 Å². The van der Waals surface area contributed by atoms with E-state index in [1.807, 2.05) is 41.6 Å². The van der Waals surface area contributed by atoms with Crippen molar-refractivity contribution >= 4 is 5.91 Å². The van der Waals surface area contributed by atoms with Crippen molar-refractivity contribution in [2.75, 3.05) is 13.1 Å². The van der Waals surface area contributed by atoms with Crippen LogP contribution in [-0.2, 0) is 17.6 Å². The summed E-state index contributed by atoms with van der Waals surface area (Å²) in [7, 11) is 0. The van der Waals surface area contributed by atoms with E-state index in [-0.39, 0.29) is 5.91 Å². The van der Waals surface area contributed by atoms with Crippen molar-refractivity contribution in [2.24, 2.45) is 5.92 Å². The predicted molar refractivity (Wildman–Crippen MR) is 96.7 cm³/mol. The molecule has 1 saturated heterocycles. The Morgan fingerprint density at radius 2 is 1.76 bits per heavy atom. The zero-order valence-electron chi connectivity index (χ0n) is 14.4. The van der Waals surface area contributed by atoms with Crippen LogP contribution in [0.1, 0.15) is 36.0 Å². The van der Waals surface area contributed by atoms with Crippen molar-refractivity contribution in [1.29, 1.82) is 5.26 Å². The molecular formula is C21H23N3O. The van der Waals surface area contributed by atoms with Gasteiger partial charge in [-0.25, -0.2) is 0 Å². The lowest BCUT2D eigenvalue weighted by Gasteiger charge is -2.32. The number of rotatable bonds is 5. The monoisotopic (exact) mass is 333 g/mol. The number of amides is 1. The fraction of sp³-hybridized carbons (Fsp3) is 0.381. The molecule has 3 rings (SSSR count). The number of piperidine rings is 1. The van der Waals surface area contributed by atoms with Crippen molar-refractivity contribution in [3.63, 3.8) is 0 Å². The van der Waals surface area contributed by atoms with Gasteiger partial charge < -0.3 is 4.90 Å². The highest BCUT2D eigenvalue weighted by Gasteiger charge is 2.22. The first-order valence-electron chi connectivity index (χ1n) is 8.90. The molecule has 0 aliphatic carbocycles. The second kappa shape index (κ2) is 8.43. The number of likely N-dealkylation sites (tertiary alicyclic amines) is 1. The third-order valence-electron chi connectivity index (χ3n) is 4.95. The standard InChI is InChI=1S/C21H23N3O/c22-16-20-3-1-17(2-4-20)5-6-21(25)24-13-9-19(10-14-24)15-18-7-11-23-12-8-18/h1-4,7-8,11-12,19H,5-6,9-10,13-15H2. The van der Waals surface area contributed by atoms with Gasteiger partial charge >= 0.3 is 0 Å². The van der Waals surface area contributed by atoms with Crippen LogP contribution in [-0.4, -0.2) is 28.9 Å². The Morgan fingerprint density at radius 3 is 2.40 bits per heavy atom. The summed E-state index contributed by atoms with van der Waals surface area (Å²) in [6.07, 6.45) is 8.20. The molecule has 1 fully saturated rings. The van der Waals surface area contributed by atoms with E-state index in [0.29, 0.717) is 17.9 Å². The molecule has 4 heteroatoms. The molecule has 0 unspecified atom stereocenters. The Hall–Kier alpha value is -2.67. The zero-order chi connectivity index (χ0) is 17.5.